The summed E-state index contributed by atoms with van der Waals surface area (Å²) in [5.74, 6) is -0.656. The van der Waals surface area contributed by atoms with Gasteiger partial charge in [-0.15, -0.1) is 0 Å². The first-order chi connectivity index (χ1) is 8.58. The van der Waals surface area contributed by atoms with Gasteiger partial charge in [-0.25, -0.2) is 4.79 Å². The number of benzene rings is 1. The van der Waals surface area contributed by atoms with Gasteiger partial charge in [0.25, 0.3) is 5.69 Å². The van der Waals surface area contributed by atoms with Crippen molar-refractivity contribution in [3.8, 4) is 0 Å². The lowest BCUT2D eigenvalue weighted by atomic mass is 10.2. The van der Waals surface area contributed by atoms with Gasteiger partial charge in [0, 0.05) is 25.1 Å². The van der Waals surface area contributed by atoms with Crippen molar-refractivity contribution < 1.29 is 19.2 Å². The first-order valence-corrected chi connectivity index (χ1v) is 5.27. The Morgan fingerprint density at radius 1 is 1.39 bits per heavy atom. The zero-order valence-electron chi connectivity index (χ0n) is 9.37. The molecule has 7 nitrogen and oxygen atoms in total. The van der Waals surface area contributed by atoms with Crippen LogP contribution in [-0.4, -0.2) is 35.0 Å². The summed E-state index contributed by atoms with van der Waals surface area (Å²) in [6.45, 7) is 0.515. The van der Waals surface area contributed by atoms with Crippen molar-refractivity contribution in [3.05, 3.63) is 39.9 Å². The maximum absolute atomic E-state index is 11.5. The van der Waals surface area contributed by atoms with Gasteiger partial charge in [-0.05, 0) is 12.1 Å². The zero-order chi connectivity index (χ0) is 13.1. The molecule has 1 aliphatic heterocycles. The Hall–Kier alpha value is -2.44. The van der Waals surface area contributed by atoms with Crippen LogP contribution < -0.4 is 0 Å². The zero-order valence-corrected chi connectivity index (χ0v) is 9.37. The summed E-state index contributed by atoms with van der Waals surface area (Å²) in [6, 6.07) is 5.09. The normalized spacial score (nSPS) is 14.0. The third kappa shape index (κ3) is 2.45. The van der Waals surface area contributed by atoms with E-state index in [0.717, 1.165) is 0 Å². The fraction of sp³-hybridized carbons (Fsp3) is 0.273. The van der Waals surface area contributed by atoms with Gasteiger partial charge >= 0.3 is 5.97 Å². The van der Waals surface area contributed by atoms with E-state index in [1.807, 2.05) is 0 Å². The van der Waals surface area contributed by atoms with Crippen LogP contribution in [0.5, 0.6) is 0 Å². The first kappa shape index (κ1) is 12.0. The minimum absolute atomic E-state index is 0.0495. The van der Waals surface area contributed by atoms with E-state index < -0.39 is 10.9 Å². The van der Waals surface area contributed by atoms with Crippen LogP contribution in [-0.2, 0) is 9.53 Å². The molecule has 7 heteroatoms. The number of β-lactam (4-membered cyclic amide) rings is 1. The van der Waals surface area contributed by atoms with Gasteiger partial charge < -0.3 is 9.64 Å². The molecule has 1 aliphatic rings. The van der Waals surface area contributed by atoms with Gasteiger partial charge in [-0.2, -0.15) is 0 Å². The number of amides is 1. The monoisotopic (exact) mass is 250 g/mol. The highest BCUT2D eigenvalue weighted by Gasteiger charge is 2.24. The minimum Gasteiger partial charge on any atom is -0.441 e. The predicted molar refractivity (Wildman–Crippen MR) is 59.7 cm³/mol. The van der Waals surface area contributed by atoms with Gasteiger partial charge in [-0.1, -0.05) is 0 Å². The predicted octanol–water partition coefficient (Wildman–Crippen LogP) is 0.941. The van der Waals surface area contributed by atoms with E-state index in [0.29, 0.717) is 13.0 Å². The van der Waals surface area contributed by atoms with E-state index in [9.17, 15) is 19.7 Å². The Morgan fingerprint density at radius 3 is 2.50 bits per heavy atom. The molecule has 1 fully saturated rings. The number of esters is 1. The molecule has 0 N–H and O–H groups in total. The number of nitrogens with zero attached hydrogens (tertiary/aromatic N) is 2. The highest BCUT2D eigenvalue weighted by atomic mass is 16.6. The van der Waals surface area contributed by atoms with Crippen molar-refractivity contribution in [3.63, 3.8) is 0 Å². The van der Waals surface area contributed by atoms with Crippen molar-refractivity contribution in [2.24, 2.45) is 0 Å². The molecule has 0 radical (unpaired) electrons. The van der Waals surface area contributed by atoms with Crippen LogP contribution in [0.25, 0.3) is 0 Å². The number of hydrogen-bond acceptors (Lipinski definition) is 5. The van der Waals surface area contributed by atoms with Crippen LogP contribution in [0.15, 0.2) is 24.3 Å². The van der Waals surface area contributed by atoms with Gasteiger partial charge in [0.15, 0.2) is 6.73 Å². The van der Waals surface area contributed by atoms with Crippen LogP contribution in [0.4, 0.5) is 5.69 Å². The highest BCUT2D eigenvalue weighted by Crippen LogP contribution is 2.13. The van der Waals surface area contributed by atoms with Crippen molar-refractivity contribution in [1.29, 1.82) is 0 Å². The molecule has 0 spiro atoms. The summed E-state index contributed by atoms with van der Waals surface area (Å²) in [7, 11) is 0. The Bertz CT molecular complexity index is 497. The molecule has 2 rings (SSSR count). The largest absolute Gasteiger partial charge is 0.441 e. The number of carbonyl (C=O) groups excluding carboxylic acids is 2. The second-order valence-electron chi connectivity index (χ2n) is 3.77. The number of non-ortho nitro benzene ring substituents is 1. The maximum atomic E-state index is 11.5. The second-order valence-corrected chi connectivity index (χ2v) is 3.77. The van der Waals surface area contributed by atoms with Gasteiger partial charge in [0.2, 0.25) is 5.91 Å². The number of carbonyl (C=O) groups is 2. The number of nitro groups is 1. The van der Waals surface area contributed by atoms with Gasteiger partial charge in [0.1, 0.15) is 0 Å². The van der Waals surface area contributed by atoms with E-state index in [-0.39, 0.29) is 23.9 Å². The number of nitro benzene ring substituents is 1. The topological polar surface area (TPSA) is 89.8 Å². The molecule has 0 aromatic heterocycles. The quantitative estimate of drug-likeness (QED) is 0.343. The molecule has 18 heavy (non-hydrogen) atoms. The summed E-state index contributed by atoms with van der Waals surface area (Å²) in [6.07, 6.45) is 0.481. The van der Waals surface area contributed by atoms with Crippen molar-refractivity contribution in [1.82, 2.24) is 4.90 Å². The molecule has 1 saturated heterocycles. The van der Waals surface area contributed by atoms with Crippen LogP contribution in [0.1, 0.15) is 16.8 Å². The number of ether oxygens (including phenoxy) is 1. The molecule has 94 valence electrons. The summed E-state index contributed by atoms with van der Waals surface area (Å²) < 4.78 is 4.90. The van der Waals surface area contributed by atoms with Crippen LogP contribution in [0.2, 0.25) is 0 Å². The summed E-state index contributed by atoms with van der Waals surface area (Å²) in [5, 5.41) is 10.4. The molecule has 0 unspecified atom stereocenters. The molecular formula is C11H10N2O5. The number of rotatable bonds is 4. The molecular weight excluding hydrogens is 240 g/mol. The van der Waals surface area contributed by atoms with Crippen LogP contribution in [0, 0.1) is 10.1 Å². The summed E-state index contributed by atoms with van der Waals surface area (Å²) in [5.41, 5.74) is 0.123. The molecule has 0 bridgehead atoms. The van der Waals surface area contributed by atoms with E-state index in [4.69, 9.17) is 4.74 Å². The van der Waals surface area contributed by atoms with E-state index in [1.165, 1.54) is 29.2 Å². The smallest absolute Gasteiger partial charge is 0.339 e. The molecule has 0 saturated carbocycles. The van der Waals surface area contributed by atoms with Gasteiger partial charge in [-0.3, -0.25) is 14.9 Å². The van der Waals surface area contributed by atoms with Crippen molar-refractivity contribution in [2.45, 2.75) is 6.42 Å². The lowest BCUT2D eigenvalue weighted by Crippen LogP contribution is -2.44. The Kier molecular flexibility index (Phi) is 3.22. The van der Waals surface area contributed by atoms with Crippen molar-refractivity contribution >= 4 is 17.6 Å². The third-order valence-corrected chi connectivity index (χ3v) is 2.61. The fourth-order valence-corrected chi connectivity index (χ4v) is 1.44. The number of likely N-dealkylation sites (tertiary alicyclic amines) is 1. The first-order valence-electron chi connectivity index (χ1n) is 5.27. The average Bonchev–Trinajstić information content (AvgIpc) is 2.37. The number of hydrogen-bond donors (Lipinski definition) is 0. The summed E-state index contributed by atoms with van der Waals surface area (Å²) >= 11 is 0. The molecule has 1 aromatic carbocycles. The third-order valence-electron chi connectivity index (χ3n) is 2.61. The lowest BCUT2D eigenvalue weighted by molar-refractivity contribution is -0.384. The molecule has 0 aliphatic carbocycles. The Balaban J connectivity index is 1.92. The molecule has 1 amide bonds. The molecule has 0 atom stereocenters. The Morgan fingerprint density at radius 2 is 2.06 bits per heavy atom. The average molecular weight is 250 g/mol. The minimum atomic E-state index is -0.607. The highest BCUT2D eigenvalue weighted by molar-refractivity contribution is 5.90. The fourth-order valence-electron chi connectivity index (χ4n) is 1.44. The Labute approximate surface area is 102 Å². The lowest BCUT2D eigenvalue weighted by Gasteiger charge is -2.29. The standard InChI is InChI=1S/C11H10N2O5/c14-10-5-6-12(10)7-18-11(15)8-1-3-9(4-2-8)13(16)17/h1-4H,5-7H2. The maximum Gasteiger partial charge on any atom is 0.339 e. The SMILES string of the molecule is O=C(OCN1CCC1=O)c1ccc([N+](=O)[O-])cc1. The van der Waals surface area contributed by atoms with E-state index >= 15 is 0 Å². The van der Waals surface area contributed by atoms with Crippen LogP contribution >= 0.6 is 0 Å². The molecule has 1 aromatic rings. The summed E-state index contributed by atoms with van der Waals surface area (Å²) in [4.78, 5) is 33.8. The molecule has 1 heterocycles. The van der Waals surface area contributed by atoms with E-state index in [1.54, 1.807) is 0 Å². The van der Waals surface area contributed by atoms with E-state index in [2.05, 4.69) is 0 Å². The van der Waals surface area contributed by atoms with Gasteiger partial charge in [0.05, 0.1) is 10.5 Å². The van der Waals surface area contributed by atoms with Crippen molar-refractivity contribution in [2.75, 3.05) is 13.3 Å². The van der Waals surface area contributed by atoms with Crippen LogP contribution in [0.3, 0.4) is 0 Å². The second kappa shape index (κ2) is 4.82.